The van der Waals surface area contributed by atoms with Gasteiger partial charge in [0.25, 0.3) is 0 Å². The van der Waals surface area contributed by atoms with Gasteiger partial charge in [0.2, 0.25) is 0 Å². The summed E-state index contributed by atoms with van der Waals surface area (Å²) < 4.78 is 0. The van der Waals surface area contributed by atoms with Gasteiger partial charge in [-0.3, -0.25) is 4.79 Å². The molecule has 1 aliphatic rings. The number of benzene rings is 1. The predicted octanol–water partition coefficient (Wildman–Crippen LogP) is 1.79. The number of hydrogen-bond donors (Lipinski definition) is 3. The quantitative estimate of drug-likeness (QED) is 0.713. The van der Waals surface area contributed by atoms with Crippen LogP contribution in [0.2, 0.25) is 0 Å². The van der Waals surface area contributed by atoms with Crippen molar-refractivity contribution in [2.45, 2.75) is 38.0 Å². The smallest absolute Gasteiger partial charge is 0.312 e. The molecule has 98 valence electrons. The van der Waals surface area contributed by atoms with Gasteiger partial charge in [0.05, 0.1) is 5.92 Å². The van der Waals surface area contributed by atoms with Crippen LogP contribution in [-0.4, -0.2) is 22.7 Å². The molecule has 1 unspecified atom stereocenters. The summed E-state index contributed by atoms with van der Waals surface area (Å²) in [4.78, 5) is 11.3. The van der Waals surface area contributed by atoms with E-state index in [0.29, 0.717) is 5.56 Å². The van der Waals surface area contributed by atoms with Crippen LogP contribution in [0, 0.1) is 0 Å². The minimum Gasteiger partial charge on any atom is -0.508 e. The lowest BCUT2D eigenvalue weighted by atomic mass is 9.88. The van der Waals surface area contributed by atoms with Crippen molar-refractivity contribution in [3.8, 4) is 5.75 Å². The summed E-state index contributed by atoms with van der Waals surface area (Å²) in [5, 5.41) is 19.2. The van der Waals surface area contributed by atoms with Crippen molar-refractivity contribution in [1.82, 2.24) is 0 Å². The molecule has 4 nitrogen and oxygen atoms in total. The SMILES string of the molecule is NCC(C(=O)O)c1c(O)ccc2c1CCCCC2. The van der Waals surface area contributed by atoms with Gasteiger partial charge < -0.3 is 15.9 Å². The molecule has 1 aliphatic carbocycles. The molecule has 0 saturated heterocycles. The Morgan fingerprint density at radius 2 is 2.00 bits per heavy atom. The number of phenolic OH excluding ortho intramolecular Hbond substituents is 1. The molecule has 1 aromatic carbocycles. The highest BCUT2D eigenvalue weighted by molar-refractivity contribution is 5.78. The standard InChI is InChI=1S/C14H19NO3/c15-8-11(14(17)18)13-10-5-3-1-2-4-9(10)6-7-12(13)16/h6-7,11,16H,1-5,8,15H2,(H,17,18). The third-order valence-corrected chi connectivity index (χ3v) is 3.69. The molecule has 0 fully saturated rings. The predicted molar refractivity (Wildman–Crippen MR) is 68.8 cm³/mol. The lowest BCUT2D eigenvalue weighted by Gasteiger charge is -2.19. The van der Waals surface area contributed by atoms with Crippen molar-refractivity contribution in [1.29, 1.82) is 0 Å². The normalized spacial score (nSPS) is 16.7. The zero-order chi connectivity index (χ0) is 13.1. The summed E-state index contributed by atoms with van der Waals surface area (Å²) in [6.45, 7) is 0.0132. The lowest BCUT2D eigenvalue weighted by molar-refractivity contribution is -0.138. The van der Waals surface area contributed by atoms with E-state index in [1.54, 1.807) is 6.07 Å². The summed E-state index contributed by atoms with van der Waals surface area (Å²) in [7, 11) is 0. The maximum absolute atomic E-state index is 11.3. The molecular formula is C14H19NO3. The molecule has 0 heterocycles. The molecule has 0 aliphatic heterocycles. The minimum absolute atomic E-state index is 0.0132. The van der Waals surface area contributed by atoms with Crippen LogP contribution in [0.25, 0.3) is 0 Å². The molecule has 0 amide bonds. The first-order chi connectivity index (χ1) is 8.65. The number of aromatic hydroxyl groups is 1. The van der Waals surface area contributed by atoms with Crippen molar-refractivity contribution >= 4 is 5.97 Å². The third-order valence-electron chi connectivity index (χ3n) is 3.69. The number of aliphatic carboxylic acids is 1. The first-order valence-corrected chi connectivity index (χ1v) is 6.41. The number of aryl methyl sites for hydroxylation is 1. The van der Waals surface area contributed by atoms with Gasteiger partial charge in [-0.15, -0.1) is 0 Å². The third kappa shape index (κ3) is 2.34. The fraction of sp³-hybridized carbons (Fsp3) is 0.500. The molecule has 1 aromatic rings. The molecule has 2 rings (SSSR count). The van der Waals surface area contributed by atoms with E-state index in [0.717, 1.165) is 37.7 Å². The number of hydrogen-bond acceptors (Lipinski definition) is 3. The van der Waals surface area contributed by atoms with Gasteiger partial charge in [0, 0.05) is 12.1 Å². The van der Waals surface area contributed by atoms with Gasteiger partial charge in [-0.1, -0.05) is 12.5 Å². The molecule has 0 saturated carbocycles. The summed E-state index contributed by atoms with van der Waals surface area (Å²) in [6, 6.07) is 3.51. The van der Waals surface area contributed by atoms with Gasteiger partial charge in [-0.05, 0) is 42.9 Å². The van der Waals surface area contributed by atoms with Crippen molar-refractivity contribution in [3.63, 3.8) is 0 Å². The Morgan fingerprint density at radius 3 is 2.67 bits per heavy atom. The van der Waals surface area contributed by atoms with E-state index in [1.165, 1.54) is 5.56 Å². The first kappa shape index (κ1) is 12.9. The molecule has 18 heavy (non-hydrogen) atoms. The highest BCUT2D eigenvalue weighted by atomic mass is 16.4. The molecule has 0 bridgehead atoms. The number of phenols is 1. The van der Waals surface area contributed by atoms with Crippen LogP contribution < -0.4 is 5.73 Å². The van der Waals surface area contributed by atoms with Gasteiger partial charge in [-0.2, -0.15) is 0 Å². The summed E-state index contributed by atoms with van der Waals surface area (Å²) in [5.74, 6) is -1.71. The number of fused-ring (bicyclic) bond motifs is 1. The zero-order valence-electron chi connectivity index (χ0n) is 10.4. The van der Waals surface area contributed by atoms with Crippen LogP contribution in [-0.2, 0) is 17.6 Å². The van der Waals surface area contributed by atoms with E-state index in [4.69, 9.17) is 5.73 Å². The number of nitrogens with two attached hydrogens (primary N) is 1. The van der Waals surface area contributed by atoms with Crippen molar-refractivity contribution in [2.24, 2.45) is 5.73 Å². The van der Waals surface area contributed by atoms with Gasteiger partial charge in [0.15, 0.2) is 0 Å². The number of rotatable bonds is 3. The van der Waals surface area contributed by atoms with Gasteiger partial charge >= 0.3 is 5.97 Å². The highest BCUT2D eigenvalue weighted by Gasteiger charge is 2.26. The van der Waals surface area contributed by atoms with Crippen LogP contribution in [0.3, 0.4) is 0 Å². The number of carboxylic acid groups (broad SMARTS) is 1. The van der Waals surface area contributed by atoms with Crippen molar-refractivity contribution in [3.05, 3.63) is 28.8 Å². The van der Waals surface area contributed by atoms with Gasteiger partial charge in [0.1, 0.15) is 5.75 Å². The van der Waals surface area contributed by atoms with E-state index >= 15 is 0 Å². The minimum atomic E-state index is -0.967. The van der Waals surface area contributed by atoms with Crippen LogP contribution in [0.4, 0.5) is 0 Å². The van der Waals surface area contributed by atoms with Gasteiger partial charge in [-0.25, -0.2) is 0 Å². The average molecular weight is 249 g/mol. The molecule has 1 atom stereocenters. The zero-order valence-corrected chi connectivity index (χ0v) is 10.4. The van der Waals surface area contributed by atoms with E-state index in [2.05, 4.69) is 0 Å². The van der Waals surface area contributed by atoms with E-state index in [1.807, 2.05) is 6.07 Å². The van der Waals surface area contributed by atoms with E-state index in [-0.39, 0.29) is 12.3 Å². The molecule has 0 aromatic heterocycles. The Hall–Kier alpha value is -1.55. The van der Waals surface area contributed by atoms with Crippen molar-refractivity contribution < 1.29 is 15.0 Å². The molecule has 0 spiro atoms. The number of carbonyl (C=O) groups is 1. The summed E-state index contributed by atoms with van der Waals surface area (Å²) in [5.41, 5.74) is 8.26. The average Bonchev–Trinajstić information content (AvgIpc) is 2.57. The van der Waals surface area contributed by atoms with E-state index < -0.39 is 11.9 Å². The molecular weight excluding hydrogens is 230 g/mol. The monoisotopic (exact) mass is 249 g/mol. The van der Waals surface area contributed by atoms with Crippen LogP contribution >= 0.6 is 0 Å². The first-order valence-electron chi connectivity index (χ1n) is 6.41. The highest BCUT2D eigenvalue weighted by Crippen LogP contribution is 2.34. The maximum Gasteiger partial charge on any atom is 0.312 e. The lowest BCUT2D eigenvalue weighted by Crippen LogP contribution is -2.23. The Bertz CT molecular complexity index is 457. The van der Waals surface area contributed by atoms with E-state index in [9.17, 15) is 15.0 Å². The Balaban J connectivity index is 2.53. The fourth-order valence-electron chi connectivity index (χ4n) is 2.75. The van der Waals surface area contributed by atoms with Crippen molar-refractivity contribution in [2.75, 3.05) is 6.54 Å². The molecule has 0 radical (unpaired) electrons. The Kier molecular flexibility index (Phi) is 3.87. The summed E-state index contributed by atoms with van der Waals surface area (Å²) >= 11 is 0. The second kappa shape index (κ2) is 5.40. The molecule has 4 N–H and O–H groups in total. The number of carboxylic acids is 1. The van der Waals surface area contributed by atoms with Crippen LogP contribution in [0.1, 0.15) is 41.9 Å². The Labute approximate surface area is 106 Å². The topological polar surface area (TPSA) is 83.6 Å². The second-order valence-electron chi connectivity index (χ2n) is 4.82. The fourth-order valence-corrected chi connectivity index (χ4v) is 2.75. The second-order valence-corrected chi connectivity index (χ2v) is 4.82. The van der Waals surface area contributed by atoms with Crippen LogP contribution in [0.15, 0.2) is 12.1 Å². The Morgan fingerprint density at radius 1 is 1.28 bits per heavy atom. The summed E-state index contributed by atoms with van der Waals surface area (Å²) in [6.07, 6.45) is 5.11. The maximum atomic E-state index is 11.3. The van der Waals surface area contributed by atoms with Crippen LogP contribution in [0.5, 0.6) is 5.75 Å². The molecule has 4 heteroatoms. The largest absolute Gasteiger partial charge is 0.508 e.